The lowest BCUT2D eigenvalue weighted by atomic mass is 9.55. The van der Waals surface area contributed by atoms with E-state index in [1.807, 2.05) is 36.4 Å². The maximum atomic E-state index is 13.1. The molecule has 168 valence electrons. The molecular formula is C28H32O4. The van der Waals surface area contributed by atoms with E-state index in [-0.39, 0.29) is 29.7 Å². The van der Waals surface area contributed by atoms with Crippen LogP contribution in [-0.4, -0.2) is 28.7 Å². The number of aromatic hydroxyl groups is 1. The maximum absolute atomic E-state index is 13.1. The molecule has 2 N–H and O–H groups in total. The first-order valence-electron chi connectivity index (χ1n) is 11.8. The van der Waals surface area contributed by atoms with Crippen molar-refractivity contribution in [1.29, 1.82) is 0 Å². The lowest BCUT2D eigenvalue weighted by Gasteiger charge is -2.50. The summed E-state index contributed by atoms with van der Waals surface area (Å²) in [6.45, 7) is 6.28. The molecule has 0 aromatic heterocycles. The Morgan fingerprint density at radius 2 is 1.94 bits per heavy atom. The third-order valence-corrected chi connectivity index (χ3v) is 8.51. The average Bonchev–Trinajstić information content (AvgIpc) is 3.11. The summed E-state index contributed by atoms with van der Waals surface area (Å²) in [7, 11) is 0. The van der Waals surface area contributed by atoms with Crippen molar-refractivity contribution in [3.63, 3.8) is 0 Å². The number of aliphatic hydroxyl groups excluding tert-OH is 1. The molecule has 0 radical (unpaired) electrons. The van der Waals surface area contributed by atoms with Crippen LogP contribution in [-0.2, 0) is 6.42 Å². The Morgan fingerprint density at radius 1 is 1.16 bits per heavy atom. The Balaban J connectivity index is 1.38. The minimum absolute atomic E-state index is 0.0251. The van der Waals surface area contributed by atoms with E-state index < -0.39 is 0 Å². The van der Waals surface area contributed by atoms with Gasteiger partial charge in [0.2, 0.25) is 0 Å². The summed E-state index contributed by atoms with van der Waals surface area (Å²) in [6.07, 6.45) is 5.84. The molecule has 3 aliphatic carbocycles. The smallest absolute Gasteiger partial charge is 0.195 e. The SMILES string of the molecule is C=C(COc1ccccc1)C(=O)c1cc2c(cc1O)CC[C@@H]1[C@@H]2CC[C@]2(C)[C@H](O)CC[C@@H]12. The molecule has 4 nitrogen and oxygen atoms in total. The summed E-state index contributed by atoms with van der Waals surface area (Å²) in [5.41, 5.74) is 3.05. The fourth-order valence-corrected chi connectivity index (χ4v) is 6.71. The molecule has 4 heteroatoms. The molecule has 0 spiro atoms. The third kappa shape index (κ3) is 3.45. The zero-order chi connectivity index (χ0) is 22.5. The Kier molecular flexibility index (Phi) is 5.37. The highest BCUT2D eigenvalue weighted by Crippen LogP contribution is 2.61. The van der Waals surface area contributed by atoms with Gasteiger partial charge in [0.15, 0.2) is 5.78 Å². The van der Waals surface area contributed by atoms with E-state index in [1.54, 1.807) is 6.07 Å². The Bertz CT molecular complexity index is 1040. The molecule has 2 fully saturated rings. The first-order valence-corrected chi connectivity index (χ1v) is 11.8. The predicted octanol–water partition coefficient (Wildman–Crippen LogP) is 5.43. The van der Waals surface area contributed by atoms with Gasteiger partial charge in [-0.25, -0.2) is 0 Å². The van der Waals surface area contributed by atoms with Crippen LogP contribution in [0.2, 0.25) is 0 Å². The van der Waals surface area contributed by atoms with Crippen molar-refractivity contribution >= 4 is 5.78 Å². The number of fused-ring (bicyclic) bond motifs is 5. The first kappa shape index (κ1) is 21.3. The highest BCUT2D eigenvalue weighted by atomic mass is 16.5. The van der Waals surface area contributed by atoms with Gasteiger partial charge in [0.05, 0.1) is 11.7 Å². The molecule has 32 heavy (non-hydrogen) atoms. The van der Waals surface area contributed by atoms with Gasteiger partial charge in [-0.3, -0.25) is 4.79 Å². The number of rotatable bonds is 5. The summed E-state index contributed by atoms with van der Waals surface area (Å²) >= 11 is 0. The third-order valence-electron chi connectivity index (χ3n) is 8.51. The summed E-state index contributed by atoms with van der Waals surface area (Å²) in [6, 6.07) is 13.1. The number of para-hydroxylation sites is 1. The Morgan fingerprint density at radius 3 is 2.72 bits per heavy atom. The lowest BCUT2D eigenvalue weighted by molar-refractivity contribution is -0.0226. The molecule has 5 rings (SSSR count). The Labute approximate surface area is 189 Å². The van der Waals surface area contributed by atoms with Gasteiger partial charge in [-0.15, -0.1) is 0 Å². The van der Waals surface area contributed by atoms with Crippen molar-refractivity contribution in [1.82, 2.24) is 0 Å². The van der Waals surface area contributed by atoms with Gasteiger partial charge in [-0.1, -0.05) is 31.7 Å². The van der Waals surface area contributed by atoms with Crippen LogP contribution in [0.3, 0.4) is 0 Å². The quantitative estimate of drug-likeness (QED) is 0.489. The second-order valence-electron chi connectivity index (χ2n) is 10.2. The van der Waals surface area contributed by atoms with Gasteiger partial charge >= 0.3 is 0 Å². The summed E-state index contributed by atoms with van der Waals surface area (Å²) in [5, 5.41) is 21.3. The largest absolute Gasteiger partial charge is 0.507 e. The number of Topliss-reactive ketones (excluding diaryl/α,β-unsaturated/α-hetero) is 1. The van der Waals surface area contributed by atoms with E-state index in [2.05, 4.69) is 13.5 Å². The number of phenols is 1. The van der Waals surface area contributed by atoms with Crippen LogP contribution in [0.4, 0.5) is 0 Å². The highest BCUT2D eigenvalue weighted by molar-refractivity contribution is 6.10. The van der Waals surface area contributed by atoms with E-state index in [9.17, 15) is 15.0 Å². The van der Waals surface area contributed by atoms with E-state index in [0.29, 0.717) is 34.6 Å². The van der Waals surface area contributed by atoms with Gasteiger partial charge < -0.3 is 14.9 Å². The number of carbonyl (C=O) groups is 1. The normalized spacial score (nSPS) is 30.7. The second kappa shape index (κ2) is 8.08. The molecule has 0 saturated heterocycles. The van der Waals surface area contributed by atoms with Crippen LogP contribution < -0.4 is 4.74 Å². The van der Waals surface area contributed by atoms with Crippen LogP contribution in [0.25, 0.3) is 0 Å². The fourth-order valence-electron chi connectivity index (χ4n) is 6.71. The molecule has 0 bridgehead atoms. The molecule has 5 atom stereocenters. The molecule has 2 saturated carbocycles. The maximum Gasteiger partial charge on any atom is 0.195 e. The summed E-state index contributed by atoms with van der Waals surface area (Å²) in [5.74, 6) is 1.92. The number of benzene rings is 2. The topological polar surface area (TPSA) is 66.8 Å². The molecule has 0 unspecified atom stereocenters. The van der Waals surface area contributed by atoms with Gasteiger partial charge in [0.1, 0.15) is 18.1 Å². The van der Waals surface area contributed by atoms with Crippen molar-refractivity contribution in [2.24, 2.45) is 17.3 Å². The summed E-state index contributed by atoms with van der Waals surface area (Å²) < 4.78 is 5.69. The van der Waals surface area contributed by atoms with E-state index in [1.165, 1.54) is 5.56 Å². The molecular weight excluding hydrogens is 400 g/mol. The van der Waals surface area contributed by atoms with Crippen molar-refractivity contribution in [2.75, 3.05) is 6.61 Å². The van der Waals surface area contributed by atoms with Gasteiger partial charge in [-0.2, -0.15) is 0 Å². The van der Waals surface area contributed by atoms with E-state index in [0.717, 1.165) is 44.1 Å². The standard InChI is InChI=1S/C28H32O4/c1-17(16-32-19-6-4-3-5-7-19)27(31)23-15-22-18(14-25(23)29)8-9-21-20(22)12-13-28(2)24(21)10-11-26(28)30/h3-7,14-15,20-21,24,26,29-30H,1,8-13,16H2,2H3/t20-,21+,24-,26+,28-/m0/s1. The molecule has 0 amide bonds. The van der Waals surface area contributed by atoms with Crippen molar-refractivity contribution in [2.45, 2.75) is 57.5 Å². The minimum Gasteiger partial charge on any atom is -0.507 e. The zero-order valence-electron chi connectivity index (χ0n) is 18.7. The lowest BCUT2D eigenvalue weighted by Crippen LogP contribution is -2.44. The number of hydrogen-bond donors (Lipinski definition) is 2. The van der Waals surface area contributed by atoms with Crippen molar-refractivity contribution in [3.8, 4) is 11.5 Å². The van der Waals surface area contributed by atoms with E-state index in [4.69, 9.17) is 4.74 Å². The molecule has 0 aliphatic heterocycles. The number of carbonyl (C=O) groups excluding carboxylic acids is 1. The van der Waals surface area contributed by atoms with Crippen LogP contribution >= 0.6 is 0 Å². The van der Waals surface area contributed by atoms with Gasteiger partial charge in [0, 0.05) is 5.57 Å². The molecule has 0 heterocycles. The second-order valence-corrected chi connectivity index (χ2v) is 10.2. The number of ether oxygens (including phenoxy) is 1. The predicted molar refractivity (Wildman–Crippen MR) is 124 cm³/mol. The van der Waals surface area contributed by atoms with Crippen LogP contribution in [0.15, 0.2) is 54.6 Å². The Hall–Kier alpha value is -2.59. The summed E-state index contributed by atoms with van der Waals surface area (Å²) in [4.78, 5) is 13.1. The molecule has 3 aliphatic rings. The molecule has 2 aromatic rings. The number of ketones is 1. The van der Waals surface area contributed by atoms with Gasteiger partial charge in [-0.05, 0) is 97.1 Å². The van der Waals surface area contributed by atoms with Crippen molar-refractivity contribution < 1.29 is 19.7 Å². The number of aliphatic hydroxyl groups is 1. The number of aryl methyl sites for hydroxylation is 1. The highest BCUT2D eigenvalue weighted by Gasteiger charge is 2.54. The first-order chi connectivity index (χ1) is 15.4. The van der Waals surface area contributed by atoms with Crippen LogP contribution in [0, 0.1) is 17.3 Å². The van der Waals surface area contributed by atoms with Gasteiger partial charge in [0.25, 0.3) is 0 Å². The minimum atomic E-state index is -0.264. The zero-order valence-corrected chi connectivity index (χ0v) is 18.7. The van der Waals surface area contributed by atoms with Crippen LogP contribution in [0.5, 0.6) is 11.5 Å². The van der Waals surface area contributed by atoms with Crippen LogP contribution in [0.1, 0.15) is 66.4 Å². The number of phenolic OH excluding ortho intramolecular Hbond substituents is 1. The number of hydrogen-bond acceptors (Lipinski definition) is 4. The van der Waals surface area contributed by atoms with Crippen molar-refractivity contribution in [3.05, 3.63) is 71.3 Å². The fraction of sp³-hybridized carbons (Fsp3) is 0.464. The monoisotopic (exact) mass is 432 g/mol. The van der Waals surface area contributed by atoms with E-state index >= 15 is 0 Å². The molecule has 2 aromatic carbocycles. The average molecular weight is 433 g/mol.